The zero-order valence-electron chi connectivity index (χ0n) is 17.2. The van der Waals surface area contributed by atoms with Crippen LogP contribution in [-0.4, -0.2) is 25.5 Å². The molecule has 0 aliphatic heterocycles. The van der Waals surface area contributed by atoms with Crippen LogP contribution in [0.3, 0.4) is 0 Å². The van der Waals surface area contributed by atoms with E-state index in [1.54, 1.807) is 31.4 Å². The van der Waals surface area contributed by atoms with Gasteiger partial charge in [0.05, 0.1) is 20.1 Å². The first-order valence-electron chi connectivity index (χ1n) is 9.79. The van der Waals surface area contributed by atoms with E-state index in [9.17, 15) is 9.59 Å². The molecule has 3 aromatic rings. The fourth-order valence-electron chi connectivity index (χ4n) is 2.94. The number of methoxy groups -OCH3 is 1. The van der Waals surface area contributed by atoms with Crippen LogP contribution in [0.5, 0.6) is 11.5 Å². The number of carbonyl (C=O) groups excluding carboxylic acids is 2. The van der Waals surface area contributed by atoms with Gasteiger partial charge in [0.25, 0.3) is 5.91 Å². The minimum absolute atomic E-state index is 0.146. The smallest absolute Gasteiger partial charge is 0.256 e. The molecule has 0 aliphatic rings. The second-order valence-corrected chi connectivity index (χ2v) is 6.71. The standard InChI is InChI=1S/C25H24N2O4/c1-30-23-10-6-5-9-19(23)17-22(18-7-3-2-4-8-18)25(29)27-20-11-13-21(14-12-20)31-16-15-24(26)28/h2-14,17H,15-16H2,1H3,(H2,26,28)(H,27,29)/b22-17+. The van der Waals surface area contributed by atoms with Crippen molar-refractivity contribution in [1.29, 1.82) is 0 Å². The van der Waals surface area contributed by atoms with Crippen molar-refractivity contribution in [1.82, 2.24) is 0 Å². The molecule has 3 N–H and O–H groups in total. The normalized spacial score (nSPS) is 10.9. The summed E-state index contributed by atoms with van der Waals surface area (Å²) in [7, 11) is 1.60. The monoisotopic (exact) mass is 416 g/mol. The molecule has 0 fully saturated rings. The summed E-state index contributed by atoms with van der Waals surface area (Å²) in [5.41, 5.74) is 7.82. The van der Waals surface area contributed by atoms with E-state index in [2.05, 4.69) is 5.32 Å². The Balaban J connectivity index is 1.81. The number of amides is 2. The van der Waals surface area contributed by atoms with Gasteiger partial charge in [-0.15, -0.1) is 0 Å². The van der Waals surface area contributed by atoms with Crippen LogP contribution >= 0.6 is 0 Å². The molecule has 6 heteroatoms. The van der Waals surface area contributed by atoms with Gasteiger partial charge in [0.2, 0.25) is 5.91 Å². The Kier molecular flexibility index (Phi) is 7.43. The summed E-state index contributed by atoms with van der Waals surface area (Å²) in [6.45, 7) is 0.209. The highest BCUT2D eigenvalue weighted by atomic mass is 16.5. The predicted molar refractivity (Wildman–Crippen MR) is 122 cm³/mol. The number of hydrogen-bond donors (Lipinski definition) is 2. The van der Waals surface area contributed by atoms with Gasteiger partial charge in [0, 0.05) is 16.8 Å². The fraction of sp³-hybridized carbons (Fsp3) is 0.120. The Morgan fingerprint density at radius 1 is 0.935 bits per heavy atom. The number of para-hydroxylation sites is 1. The summed E-state index contributed by atoms with van der Waals surface area (Å²) in [6.07, 6.45) is 1.96. The van der Waals surface area contributed by atoms with E-state index < -0.39 is 5.91 Å². The molecule has 31 heavy (non-hydrogen) atoms. The fourth-order valence-corrected chi connectivity index (χ4v) is 2.94. The van der Waals surface area contributed by atoms with Crippen molar-refractivity contribution < 1.29 is 19.1 Å². The molecular weight excluding hydrogens is 392 g/mol. The Morgan fingerprint density at radius 2 is 1.61 bits per heavy atom. The molecule has 3 rings (SSSR count). The molecule has 0 saturated heterocycles. The number of primary amides is 1. The summed E-state index contributed by atoms with van der Waals surface area (Å²) < 4.78 is 10.9. The Morgan fingerprint density at radius 3 is 2.29 bits per heavy atom. The molecule has 3 aromatic carbocycles. The number of nitrogens with one attached hydrogen (secondary N) is 1. The van der Waals surface area contributed by atoms with Crippen molar-refractivity contribution in [2.75, 3.05) is 19.0 Å². The highest BCUT2D eigenvalue weighted by Crippen LogP contribution is 2.26. The lowest BCUT2D eigenvalue weighted by atomic mass is 10.0. The third-order valence-electron chi connectivity index (χ3n) is 4.50. The van der Waals surface area contributed by atoms with Gasteiger partial charge < -0.3 is 20.5 Å². The van der Waals surface area contributed by atoms with Crippen molar-refractivity contribution in [3.8, 4) is 11.5 Å². The maximum atomic E-state index is 13.1. The SMILES string of the molecule is COc1ccccc1/C=C(/C(=O)Nc1ccc(OCCC(N)=O)cc1)c1ccccc1. The van der Waals surface area contributed by atoms with Crippen LogP contribution < -0.4 is 20.5 Å². The van der Waals surface area contributed by atoms with E-state index >= 15 is 0 Å². The van der Waals surface area contributed by atoms with E-state index in [-0.39, 0.29) is 18.9 Å². The van der Waals surface area contributed by atoms with Crippen molar-refractivity contribution in [2.45, 2.75) is 6.42 Å². The summed E-state index contributed by atoms with van der Waals surface area (Å²) >= 11 is 0. The van der Waals surface area contributed by atoms with Gasteiger partial charge in [0.1, 0.15) is 11.5 Å². The maximum absolute atomic E-state index is 13.1. The molecule has 0 spiro atoms. The zero-order valence-corrected chi connectivity index (χ0v) is 17.2. The lowest BCUT2D eigenvalue weighted by molar-refractivity contribution is -0.118. The molecule has 0 saturated carbocycles. The highest BCUT2D eigenvalue weighted by Gasteiger charge is 2.14. The molecule has 0 aromatic heterocycles. The predicted octanol–water partition coefficient (Wildman–Crippen LogP) is 4.13. The number of anilines is 1. The minimum Gasteiger partial charge on any atom is -0.496 e. The average molecular weight is 416 g/mol. The molecule has 0 unspecified atom stereocenters. The molecule has 6 nitrogen and oxygen atoms in total. The molecular formula is C25H24N2O4. The first kappa shape index (κ1) is 21.6. The van der Waals surface area contributed by atoms with Crippen molar-refractivity contribution in [3.05, 3.63) is 90.0 Å². The van der Waals surface area contributed by atoms with Crippen LogP contribution in [0.25, 0.3) is 11.6 Å². The van der Waals surface area contributed by atoms with E-state index in [0.717, 1.165) is 11.1 Å². The summed E-state index contributed by atoms with van der Waals surface area (Å²) in [5.74, 6) is 0.604. The Hall–Kier alpha value is -4.06. The topological polar surface area (TPSA) is 90.7 Å². The summed E-state index contributed by atoms with van der Waals surface area (Å²) in [4.78, 5) is 23.9. The molecule has 0 atom stereocenters. The van der Waals surface area contributed by atoms with E-state index in [1.165, 1.54) is 0 Å². The van der Waals surface area contributed by atoms with Gasteiger partial charge >= 0.3 is 0 Å². The van der Waals surface area contributed by atoms with Gasteiger partial charge in [-0.2, -0.15) is 0 Å². The molecule has 2 amide bonds. The number of benzene rings is 3. The van der Waals surface area contributed by atoms with Gasteiger partial charge in [-0.25, -0.2) is 0 Å². The van der Waals surface area contributed by atoms with Crippen molar-refractivity contribution in [3.63, 3.8) is 0 Å². The Labute approximate surface area is 181 Å². The molecule has 0 aliphatic carbocycles. The van der Waals surface area contributed by atoms with E-state index in [0.29, 0.717) is 22.8 Å². The van der Waals surface area contributed by atoms with Crippen LogP contribution in [0.2, 0.25) is 0 Å². The second-order valence-electron chi connectivity index (χ2n) is 6.71. The average Bonchev–Trinajstić information content (AvgIpc) is 2.79. The summed E-state index contributed by atoms with van der Waals surface area (Å²) in [6, 6.07) is 23.9. The van der Waals surface area contributed by atoms with Crippen LogP contribution in [0.1, 0.15) is 17.5 Å². The maximum Gasteiger partial charge on any atom is 0.256 e. The van der Waals surface area contributed by atoms with Crippen LogP contribution in [0.4, 0.5) is 5.69 Å². The molecule has 0 bridgehead atoms. The van der Waals surface area contributed by atoms with Crippen LogP contribution in [0.15, 0.2) is 78.9 Å². The quantitative estimate of drug-likeness (QED) is 0.405. The first-order chi connectivity index (χ1) is 15.1. The number of hydrogen-bond acceptors (Lipinski definition) is 4. The number of carbonyl (C=O) groups is 2. The van der Waals surface area contributed by atoms with Gasteiger partial charge in [-0.1, -0.05) is 48.5 Å². The second kappa shape index (κ2) is 10.6. The van der Waals surface area contributed by atoms with E-state index in [1.807, 2.05) is 60.7 Å². The van der Waals surface area contributed by atoms with Crippen LogP contribution in [-0.2, 0) is 9.59 Å². The van der Waals surface area contributed by atoms with Gasteiger partial charge in [-0.3, -0.25) is 9.59 Å². The van der Waals surface area contributed by atoms with Gasteiger partial charge in [0.15, 0.2) is 0 Å². The molecule has 158 valence electrons. The first-order valence-corrected chi connectivity index (χ1v) is 9.79. The highest BCUT2D eigenvalue weighted by molar-refractivity contribution is 6.29. The lowest BCUT2D eigenvalue weighted by Gasteiger charge is -2.12. The summed E-state index contributed by atoms with van der Waals surface area (Å²) in [5, 5.41) is 2.92. The number of nitrogens with two attached hydrogens (primary N) is 1. The number of ether oxygens (including phenoxy) is 2. The molecule has 0 radical (unpaired) electrons. The lowest BCUT2D eigenvalue weighted by Crippen LogP contribution is -2.15. The van der Waals surface area contributed by atoms with E-state index in [4.69, 9.17) is 15.2 Å². The minimum atomic E-state index is -0.417. The third kappa shape index (κ3) is 6.21. The van der Waals surface area contributed by atoms with Gasteiger partial charge in [-0.05, 0) is 42.0 Å². The van der Waals surface area contributed by atoms with Crippen molar-refractivity contribution in [2.24, 2.45) is 5.73 Å². The van der Waals surface area contributed by atoms with Crippen molar-refractivity contribution >= 4 is 29.2 Å². The largest absolute Gasteiger partial charge is 0.496 e. The third-order valence-corrected chi connectivity index (χ3v) is 4.50. The number of rotatable bonds is 9. The van der Waals surface area contributed by atoms with Crippen LogP contribution in [0, 0.1) is 0 Å². The Bertz CT molecular complexity index is 1060. The zero-order chi connectivity index (χ0) is 22.1. The molecule has 0 heterocycles.